The predicted octanol–water partition coefficient (Wildman–Crippen LogP) is 3.56. The molecule has 0 fully saturated rings. The molecule has 0 saturated carbocycles. The first kappa shape index (κ1) is 9.93. The summed E-state index contributed by atoms with van der Waals surface area (Å²) in [4.78, 5) is 0. The zero-order chi connectivity index (χ0) is 8.20. The van der Waals surface area contributed by atoms with Crippen molar-refractivity contribution >= 4 is 0 Å². The van der Waals surface area contributed by atoms with Gasteiger partial charge in [0.25, 0.3) is 0 Å². The fourth-order valence-corrected chi connectivity index (χ4v) is 0.794. The quantitative estimate of drug-likeness (QED) is 0.569. The Morgan fingerprint density at radius 3 is 2.20 bits per heavy atom. The van der Waals surface area contributed by atoms with Crippen LogP contribution in [-0.2, 0) is 0 Å². The van der Waals surface area contributed by atoms with Crippen LogP contribution in [0.1, 0.15) is 47.0 Å². The minimum absolute atomic E-state index is 0.676. The summed E-state index contributed by atoms with van der Waals surface area (Å²) in [5.41, 5.74) is -0.969. The summed E-state index contributed by atoms with van der Waals surface area (Å²) in [6, 6.07) is 0. The molecule has 62 valence electrons. The third-order valence-electron chi connectivity index (χ3n) is 1.93. The van der Waals surface area contributed by atoms with Crippen molar-refractivity contribution in [3.8, 4) is 0 Å². The van der Waals surface area contributed by atoms with Crippen LogP contribution in [0.3, 0.4) is 0 Å². The smallest absolute Gasteiger partial charge is 0.105 e. The predicted molar refractivity (Wildman–Crippen MR) is 43.9 cm³/mol. The van der Waals surface area contributed by atoms with Crippen LogP contribution in [0.5, 0.6) is 0 Å². The van der Waals surface area contributed by atoms with Crippen molar-refractivity contribution < 1.29 is 4.39 Å². The number of rotatable bonds is 4. The molecule has 1 unspecified atom stereocenters. The highest BCUT2D eigenvalue weighted by molar-refractivity contribution is 4.66. The summed E-state index contributed by atoms with van der Waals surface area (Å²) in [6.45, 7) is 7.62. The molecule has 0 nitrogen and oxygen atoms in total. The van der Waals surface area contributed by atoms with Crippen molar-refractivity contribution in [2.75, 3.05) is 0 Å². The Balaban J connectivity index is 3.36. The molecule has 0 N–H and O–H groups in total. The van der Waals surface area contributed by atoms with Gasteiger partial charge in [0.05, 0.1) is 0 Å². The fraction of sp³-hybridized carbons (Fsp3) is 1.00. The van der Waals surface area contributed by atoms with Crippen molar-refractivity contribution in [2.24, 2.45) is 5.92 Å². The maximum Gasteiger partial charge on any atom is 0.105 e. The number of hydrogen-bond acceptors (Lipinski definition) is 0. The molecule has 10 heavy (non-hydrogen) atoms. The van der Waals surface area contributed by atoms with Gasteiger partial charge in [-0.3, -0.25) is 0 Å². The van der Waals surface area contributed by atoms with E-state index in [4.69, 9.17) is 0 Å². The van der Waals surface area contributed by atoms with E-state index >= 15 is 0 Å². The minimum Gasteiger partial charge on any atom is -0.245 e. The zero-order valence-corrected chi connectivity index (χ0v) is 7.58. The van der Waals surface area contributed by atoms with E-state index in [1.54, 1.807) is 13.8 Å². The van der Waals surface area contributed by atoms with Crippen LogP contribution < -0.4 is 0 Å². The summed E-state index contributed by atoms with van der Waals surface area (Å²) in [5, 5.41) is 0. The standard InChI is InChI=1S/C9H19F/c1-5-8(2)6-7-9(3,4)10/h8H,5-7H2,1-4H3. The highest BCUT2D eigenvalue weighted by Crippen LogP contribution is 2.20. The normalized spacial score (nSPS) is 15.3. The molecule has 0 aromatic rings. The third-order valence-corrected chi connectivity index (χ3v) is 1.93. The first-order valence-corrected chi connectivity index (χ1v) is 4.14. The van der Waals surface area contributed by atoms with E-state index in [1.165, 1.54) is 0 Å². The molecule has 0 aliphatic rings. The average Bonchev–Trinajstić information content (AvgIpc) is 1.81. The Morgan fingerprint density at radius 1 is 1.40 bits per heavy atom. The van der Waals surface area contributed by atoms with Gasteiger partial charge in [0.2, 0.25) is 0 Å². The molecule has 0 heterocycles. The summed E-state index contributed by atoms with van der Waals surface area (Å²) in [7, 11) is 0. The van der Waals surface area contributed by atoms with Crippen molar-refractivity contribution in [1.82, 2.24) is 0 Å². The van der Waals surface area contributed by atoms with Crippen LogP contribution in [0.2, 0.25) is 0 Å². The van der Waals surface area contributed by atoms with Crippen molar-refractivity contribution in [3.05, 3.63) is 0 Å². The van der Waals surface area contributed by atoms with Crippen LogP contribution in [-0.4, -0.2) is 5.67 Å². The maximum absolute atomic E-state index is 12.9. The van der Waals surface area contributed by atoms with Gasteiger partial charge in [0.15, 0.2) is 0 Å². The molecule has 0 aromatic heterocycles. The van der Waals surface area contributed by atoms with Gasteiger partial charge in [-0.15, -0.1) is 0 Å². The van der Waals surface area contributed by atoms with E-state index < -0.39 is 5.67 Å². The molecule has 0 aliphatic carbocycles. The first-order valence-electron chi connectivity index (χ1n) is 4.14. The molecule has 1 heteroatoms. The summed E-state index contributed by atoms with van der Waals surface area (Å²) >= 11 is 0. The SMILES string of the molecule is CCC(C)CCC(C)(C)F. The second-order valence-corrected chi connectivity index (χ2v) is 3.77. The molecular formula is C9H19F. The van der Waals surface area contributed by atoms with E-state index in [-0.39, 0.29) is 0 Å². The van der Waals surface area contributed by atoms with Crippen molar-refractivity contribution in [2.45, 2.75) is 52.6 Å². The second-order valence-electron chi connectivity index (χ2n) is 3.77. The van der Waals surface area contributed by atoms with Gasteiger partial charge in [-0.1, -0.05) is 20.3 Å². The summed E-state index contributed by atoms with van der Waals surface area (Å²) < 4.78 is 12.9. The molecule has 1 atom stereocenters. The molecule has 0 amide bonds. The lowest BCUT2D eigenvalue weighted by atomic mass is 9.96. The first-order chi connectivity index (χ1) is 4.45. The monoisotopic (exact) mass is 146 g/mol. The fourth-order valence-electron chi connectivity index (χ4n) is 0.794. The van der Waals surface area contributed by atoms with E-state index in [1.807, 2.05) is 0 Å². The van der Waals surface area contributed by atoms with Gasteiger partial charge < -0.3 is 0 Å². The van der Waals surface area contributed by atoms with E-state index in [0.29, 0.717) is 12.3 Å². The summed E-state index contributed by atoms with van der Waals surface area (Å²) in [5.74, 6) is 0.676. The Kier molecular flexibility index (Phi) is 3.92. The lowest BCUT2D eigenvalue weighted by Crippen LogP contribution is -2.12. The van der Waals surface area contributed by atoms with Gasteiger partial charge in [-0.05, 0) is 32.6 Å². The second kappa shape index (κ2) is 3.95. The number of alkyl halides is 1. The number of halogens is 1. The Hall–Kier alpha value is -0.0700. The van der Waals surface area contributed by atoms with Crippen molar-refractivity contribution in [3.63, 3.8) is 0 Å². The van der Waals surface area contributed by atoms with E-state index in [2.05, 4.69) is 13.8 Å². The minimum atomic E-state index is -0.969. The topological polar surface area (TPSA) is 0 Å². The largest absolute Gasteiger partial charge is 0.245 e. The van der Waals surface area contributed by atoms with Crippen LogP contribution in [0.15, 0.2) is 0 Å². The van der Waals surface area contributed by atoms with Crippen LogP contribution in [0.25, 0.3) is 0 Å². The van der Waals surface area contributed by atoms with Gasteiger partial charge in [0.1, 0.15) is 5.67 Å². The van der Waals surface area contributed by atoms with Crippen LogP contribution >= 0.6 is 0 Å². The van der Waals surface area contributed by atoms with Gasteiger partial charge in [0, 0.05) is 0 Å². The van der Waals surface area contributed by atoms with Crippen LogP contribution in [0.4, 0.5) is 4.39 Å². The maximum atomic E-state index is 12.9. The number of hydrogen-bond donors (Lipinski definition) is 0. The Morgan fingerprint density at radius 2 is 1.90 bits per heavy atom. The van der Waals surface area contributed by atoms with Gasteiger partial charge >= 0.3 is 0 Å². The molecule has 0 rings (SSSR count). The molecule has 0 bridgehead atoms. The molecule has 0 saturated heterocycles. The molecule has 0 aromatic carbocycles. The van der Waals surface area contributed by atoms with Crippen molar-refractivity contribution in [1.29, 1.82) is 0 Å². The molecule has 0 radical (unpaired) electrons. The highest BCUT2D eigenvalue weighted by atomic mass is 19.1. The van der Waals surface area contributed by atoms with Crippen LogP contribution in [0, 0.1) is 5.92 Å². The third kappa shape index (κ3) is 6.06. The Bertz CT molecular complexity index is 81.2. The lowest BCUT2D eigenvalue weighted by Gasteiger charge is -2.16. The molecule has 0 spiro atoms. The van der Waals surface area contributed by atoms with E-state index in [0.717, 1.165) is 12.8 Å². The average molecular weight is 146 g/mol. The Labute approximate surface area is 63.8 Å². The zero-order valence-electron chi connectivity index (χ0n) is 7.58. The van der Waals surface area contributed by atoms with Gasteiger partial charge in [-0.25, -0.2) is 4.39 Å². The van der Waals surface area contributed by atoms with Gasteiger partial charge in [-0.2, -0.15) is 0 Å². The van der Waals surface area contributed by atoms with E-state index in [9.17, 15) is 4.39 Å². The summed E-state index contributed by atoms with van der Waals surface area (Å²) in [6.07, 6.45) is 2.87. The lowest BCUT2D eigenvalue weighted by molar-refractivity contribution is 0.187. The molecule has 0 aliphatic heterocycles. The highest BCUT2D eigenvalue weighted by Gasteiger charge is 2.15. The molecular weight excluding hydrogens is 127 g/mol.